The number of hydrogen-bond acceptors (Lipinski definition) is 7. The van der Waals surface area contributed by atoms with Crippen LogP contribution in [0.15, 0.2) is 54.9 Å². The fourth-order valence-electron chi connectivity index (χ4n) is 2.47. The molecule has 0 aliphatic heterocycles. The summed E-state index contributed by atoms with van der Waals surface area (Å²) >= 11 is 0. The number of pyridine rings is 1. The largest absolute Gasteiger partial charge is 0.399 e. The lowest BCUT2D eigenvalue weighted by Crippen LogP contribution is -2.22. The van der Waals surface area contributed by atoms with E-state index in [0.717, 1.165) is 12.1 Å². The zero-order valence-corrected chi connectivity index (χ0v) is 15.9. The van der Waals surface area contributed by atoms with Crippen LogP contribution in [-0.2, 0) is 0 Å². The van der Waals surface area contributed by atoms with E-state index in [1.54, 1.807) is 42.7 Å². The maximum absolute atomic E-state index is 12.5. The number of likely N-dealkylation sites (N-methyl/N-ethyl adjacent to an activating group) is 1. The molecule has 0 atom stereocenters. The first-order valence-corrected chi connectivity index (χ1v) is 8.86. The van der Waals surface area contributed by atoms with Gasteiger partial charge in [-0.25, -0.2) is 4.98 Å². The molecule has 3 rings (SSSR count). The van der Waals surface area contributed by atoms with Gasteiger partial charge in [-0.1, -0.05) is 0 Å². The topological polar surface area (TPSA) is 109 Å². The molecule has 0 aliphatic carbocycles. The maximum Gasteiger partial charge on any atom is 0.256 e. The van der Waals surface area contributed by atoms with Gasteiger partial charge in [-0.2, -0.15) is 4.98 Å². The SMILES string of the molecule is CN(C)CCNc1nc(NC(=O)c2ccc(N)cc2)cc(-c2cccnc2)n1. The molecule has 0 saturated heterocycles. The third-order valence-corrected chi connectivity index (χ3v) is 3.94. The van der Waals surface area contributed by atoms with Gasteiger partial charge in [0.05, 0.1) is 5.69 Å². The molecule has 0 bridgehead atoms. The summed E-state index contributed by atoms with van der Waals surface area (Å²) < 4.78 is 0. The van der Waals surface area contributed by atoms with Gasteiger partial charge in [0.25, 0.3) is 5.91 Å². The van der Waals surface area contributed by atoms with Gasteiger partial charge in [-0.3, -0.25) is 9.78 Å². The number of amides is 1. The van der Waals surface area contributed by atoms with Crippen molar-refractivity contribution in [1.29, 1.82) is 0 Å². The van der Waals surface area contributed by atoms with Gasteiger partial charge in [0.2, 0.25) is 5.95 Å². The Bertz CT molecular complexity index is 927. The lowest BCUT2D eigenvalue weighted by atomic mass is 10.2. The summed E-state index contributed by atoms with van der Waals surface area (Å²) in [7, 11) is 3.99. The van der Waals surface area contributed by atoms with E-state index in [4.69, 9.17) is 5.73 Å². The highest BCUT2D eigenvalue weighted by Gasteiger charge is 2.11. The van der Waals surface area contributed by atoms with Crippen LogP contribution in [0.25, 0.3) is 11.3 Å². The lowest BCUT2D eigenvalue weighted by molar-refractivity contribution is 0.102. The predicted molar refractivity (Wildman–Crippen MR) is 111 cm³/mol. The van der Waals surface area contributed by atoms with Crippen molar-refractivity contribution < 1.29 is 4.79 Å². The van der Waals surface area contributed by atoms with Crippen molar-refractivity contribution in [2.45, 2.75) is 0 Å². The van der Waals surface area contributed by atoms with Crippen LogP contribution in [0.2, 0.25) is 0 Å². The van der Waals surface area contributed by atoms with Gasteiger partial charge >= 0.3 is 0 Å². The molecule has 4 N–H and O–H groups in total. The quantitative estimate of drug-likeness (QED) is 0.542. The van der Waals surface area contributed by atoms with Crippen molar-refractivity contribution in [2.75, 3.05) is 43.6 Å². The van der Waals surface area contributed by atoms with Crippen molar-refractivity contribution in [3.63, 3.8) is 0 Å². The first-order chi connectivity index (χ1) is 13.5. The van der Waals surface area contributed by atoms with Crippen LogP contribution < -0.4 is 16.4 Å². The van der Waals surface area contributed by atoms with Crippen LogP contribution in [0.5, 0.6) is 0 Å². The molecule has 28 heavy (non-hydrogen) atoms. The molecule has 1 aromatic carbocycles. The summed E-state index contributed by atoms with van der Waals surface area (Å²) in [6.07, 6.45) is 3.42. The maximum atomic E-state index is 12.5. The summed E-state index contributed by atoms with van der Waals surface area (Å²) in [5.41, 5.74) is 8.29. The second kappa shape index (κ2) is 8.92. The number of nitrogen functional groups attached to an aromatic ring is 1. The number of rotatable bonds is 7. The van der Waals surface area contributed by atoms with E-state index in [2.05, 4.69) is 30.5 Å². The Kier molecular flexibility index (Phi) is 6.13. The van der Waals surface area contributed by atoms with E-state index in [0.29, 0.717) is 35.3 Å². The molecule has 0 saturated carbocycles. The van der Waals surface area contributed by atoms with Crippen LogP contribution in [-0.4, -0.2) is 52.9 Å². The molecule has 8 nitrogen and oxygen atoms in total. The fourth-order valence-corrected chi connectivity index (χ4v) is 2.47. The first kappa shape index (κ1) is 19.2. The van der Waals surface area contributed by atoms with Crippen molar-refractivity contribution in [3.8, 4) is 11.3 Å². The van der Waals surface area contributed by atoms with E-state index in [1.807, 2.05) is 26.2 Å². The molecule has 3 aromatic rings. The fraction of sp³-hybridized carbons (Fsp3) is 0.200. The minimum Gasteiger partial charge on any atom is -0.399 e. The number of carbonyl (C=O) groups is 1. The van der Waals surface area contributed by atoms with Gasteiger partial charge in [0.1, 0.15) is 5.82 Å². The van der Waals surface area contributed by atoms with Crippen LogP contribution >= 0.6 is 0 Å². The van der Waals surface area contributed by atoms with Crippen LogP contribution in [0.4, 0.5) is 17.5 Å². The summed E-state index contributed by atoms with van der Waals surface area (Å²) in [4.78, 5) is 27.7. The Balaban J connectivity index is 1.85. The monoisotopic (exact) mass is 377 g/mol. The average Bonchev–Trinajstić information content (AvgIpc) is 2.68. The third-order valence-electron chi connectivity index (χ3n) is 3.94. The average molecular weight is 377 g/mol. The van der Waals surface area contributed by atoms with Crippen molar-refractivity contribution in [3.05, 3.63) is 60.4 Å². The summed E-state index contributed by atoms with van der Waals surface area (Å²) in [6.45, 7) is 1.50. The molecule has 8 heteroatoms. The van der Waals surface area contributed by atoms with Gasteiger partial charge in [0.15, 0.2) is 0 Å². The van der Waals surface area contributed by atoms with Crippen LogP contribution in [0.1, 0.15) is 10.4 Å². The second-order valence-electron chi connectivity index (χ2n) is 6.51. The first-order valence-electron chi connectivity index (χ1n) is 8.86. The molecule has 0 spiro atoms. The van der Waals surface area contributed by atoms with E-state index in [-0.39, 0.29) is 5.91 Å². The predicted octanol–water partition coefficient (Wildman–Crippen LogP) is 2.35. The highest BCUT2D eigenvalue weighted by molar-refractivity contribution is 6.04. The van der Waals surface area contributed by atoms with Gasteiger partial charge in [-0.15, -0.1) is 0 Å². The molecular formula is C20H23N7O. The molecule has 1 amide bonds. The number of nitrogens with one attached hydrogen (secondary N) is 2. The Morgan fingerprint density at radius 2 is 1.93 bits per heavy atom. The number of nitrogens with zero attached hydrogens (tertiary/aromatic N) is 4. The molecule has 0 aliphatic rings. The molecule has 0 fully saturated rings. The third kappa shape index (κ3) is 5.24. The van der Waals surface area contributed by atoms with Crippen LogP contribution in [0.3, 0.4) is 0 Å². The van der Waals surface area contributed by atoms with Crippen LogP contribution in [0, 0.1) is 0 Å². The Hall–Kier alpha value is -3.52. The molecule has 0 unspecified atom stereocenters. The van der Waals surface area contributed by atoms with E-state index >= 15 is 0 Å². The molecular weight excluding hydrogens is 354 g/mol. The van der Waals surface area contributed by atoms with E-state index in [9.17, 15) is 4.79 Å². The second-order valence-corrected chi connectivity index (χ2v) is 6.51. The number of anilines is 3. The van der Waals surface area contributed by atoms with Gasteiger partial charge in [-0.05, 0) is 50.5 Å². The molecule has 2 heterocycles. The Morgan fingerprint density at radius 1 is 1.14 bits per heavy atom. The minimum absolute atomic E-state index is 0.268. The molecule has 0 radical (unpaired) electrons. The number of nitrogens with two attached hydrogens (primary N) is 1. The van der Waals surface area contributed by atoms with E-state index < -0.39 is 0 Å². The zero-order valence-electron chi connectivity index (χ0n) is 15.9. The Labute approximate surface area is 163 Å². The lowest BCUT2D eigenvalue weighted by Gasteiger charge is -2.13. The molecule has 144 valence electrons. The van der Waals surface area contributed by atoms with Crippen molar-refractivity contribution in [1.82, 2.24) is 19.9 Å². The normalized spacial score (nSPS) is 10.7. The number of aromatic nitrogens is 3. The highest BCUT2D eigenvalue weighted by Crippen LogP contribution is 2.21. The Morgan fingerprint density at radius 3 is 2.61 bits per heavy atom. The number of benzene rings is 1. The number of carbonyl (C=O) groups excluding carboxylic acids is 1. The summed E-state index contributed by atoms with van der Waals surface area (Å²) in [5, 5.41) is 6.02. The minimum atomic E-state index is -0.268. The standard InChI is InChI=1S/C20H23N7O/c1-27(2)11-10-23-20-24-17(15-4-3-9-22-13-15)12-18(26-20)25-19(28)14-5-7-16(21)8-6-14/h3-9,12-13H,10-11,21H2,1-2H3,(H2,23,24,25,26,28). The summed E-state index contributed by atoms with van der Waals surface area (Å²) in [5.74, 6) is 0.578. The molecule has 2 aromatic heterocycles. The number of hydrogen-bond donors (Lipinski definition) is 3. The van der Waals surface area contributed by atoms with Crippen molar-refractivity contribution in [2.24, 2.45) is 0 Å². The summed E-state index contributed by atoms with van der Waals surface area (Å²) in [6, 6.07) is 12.2. The smallest absolute Gasteiger partial charge is 0.256 e. The zero-order chi connectivity index (χ0) is 19.9. The van der Waals surface area contributed by atoms with Gasteiger partial charge < -0.3 is 21.3 Å². The highest BCUT2D eigenvalue weighted by atomic mass is 16.1. The van der Waals surface area contributed by atoms with Gasteiger partial charge in [0, 0.05) is 48.4 Å². The van der Waals surface area contributed by atoms with Crippen molar-refractivity contribution >= 4 is 23.4 Å². The van der Waals surface area contributed by atoms with E-state index in [1.165, 1.54) is 0 Å².